The summed E-state index contributed by atoms with van der Waals surface area (Å²) in [5, 5.41) is 3.00. The summed E-state index contributed by atoms with van der Waals surface area (Å²) >= 11 is 0. The van der Waals surface area contributed by atoms with E-state index in [1.54, 1.807) is 0 Å². The zero-order chi connectivity index (χ0) is 11.8. The number of benzene rings is 1. The molecule has 0 spiro atoms. The standard InChI is InChI=1S/C15H16NO/c1-10-3-2-4-13(7-10)16-15(17)14-9-11-5-6-12(14)8-11/h2-5,7,12,14H,1,6,8-9H2,(H,16,17). The Bertz CT molecular complexity index is 489. The molecule has 2 aliphatic rings. The van der Waals surface area contributed by atoms with Gasteiger partial charge in [-0.15, -0.1) is 0 Å². The fourth-order valence-electron chi connectivity index (χ4n) is 2.93. The SMILES string of the molecule is [CH2]c1cccc(NC(=O)C2CC3=CCC2C3)c1. The molecule has 0 saturated heterocycles. The average Bonchev–Trinajstić information content (AvgIpc) is 2.90. The molecule has 17 heavy (non-hydrogen) atoms. The van der Waals surface area contributed by atoms with Crippen LogP contribution in [0.2, 0.25) is 0 Å². The molecule has 1 fully saturated rings. The summed E-state index contributed by atoms with van der Waals surface area (Å²) in [6.45, 7) is 3.86. The molecule has 2 nitrogen and oxygen atoms in total. The summed E-state index contributed by atoms with van der Waals surface area (Å²) in [7, 11) is 0. The van der Waals surface area contributed by atoms with Crippen LogP contribution in [0.3, 0.4) is 0 Å². The minimum atomic E-state index is 0.170. The zero-order valence-corrected chi connectivity index (χ0v) is 9.78. The quantitative estimate of drug-likeness (QED) is 0.771. The Morgan fingerprint density at radius 3 is 2.88 bits per heavy atom. The minimum absolute atomic E-state index is 0.170. The number of rotatable bonds is 2. The lowest BCUT2D eigenvalue weighted by atomic mass is 9.91. The van der Waals surface area contributed by atoms with Crippen LogP contribution >= 0.6 is 0 Å². The number of allylic oxidation sites excluding steroid dienone is 2. The molecule has 1 saturated carbocycles. The Kier molecular flexibility index (Phi) is 2.50. The van der Waals surface area contributed by atoms with E-state index in [1.165, 1.54) is 5.57 Å². The lowest BCUT2D eigenvalue weighted by molar-refractivity contribution is -0.120. The van der Waals surface area contributed by atoms with Crippen LogP contribution in [0.5, 0.6) is 0 Å². The van der Waals surface area contributed by atoms with Crippen LogP contribution in [-0.2, 0) is 4.79 Å². The summed E-state index contributed by atoms with van der Waals surface area (Å²) in [6, 6.07) is 7.67. The maximum Gasteiger partial charge on any atom is 0.228 e. The van der Waals surface area contributed by atoms with Crippen molar-refractivity contribution in [1.29, 1.82) is 0 Å². The van der Waals surface area contributed by atoms with Crippen molar-refractivity contribution in [1.82, 2.24) is 0 Å². The van der Waals surface area contributed by atoms with Gasteiger partial charge in [0.25, 0.3) is 0 Å². The first-order chi connectivity index (χ1) is 8.22. The van der Waals surface area contributed by atoms with Crippen LogP contribution in [0.25, 0.3) is 0 Å². The van der Waals surface area contributed by atoms with E-state index in [9.17, 15) is 4.79 Å². The summed E-state index contributed by atoms with van der Waals surface area (Å²) in [4.78, 5) is 12.2. The third-order valence-corrected chi connectivity index (χ3v) is 3.82. The second-order valence-corrected chi connectivity index (χ2v) is 5.06. The number of nitrogens with one attached hydrogen (secondary N) is 1. The Labute approximate surface area is 102 Å². The normalized spacial score (nSPS) is 25.8. The fraction of sp³-hybridized carbons (Fsp3) is 0.333. The van der Waals surface area contributed by atoms with Crippen molar-refractivity contribution >= 4 is 11.6 Å². The number of hydrogen-bond donors (Lipinski definition) is 1. The highest BCUT2D eigenvalue weighted by Gasteiger charge is 2.38. The van der Waals surface area contributed by atoms with E-state index in [-0.39, 0.29) is 11.8 Å². The number of carbonyl (C=O) groups is 1. The van der Waals surface area contributed by atoms with Gasteiger partial charge in [0.1, 0.15) is 0 Å². The van der Waals surface area contributed by atoms with Gasteiger partial charge >= 0.3 is 0 Å². The highest BCUT2D eigenvalue weighted by atomic mass is 16.1. The van der Waals surface area contributed by atoms with E-state index in [4.69, 9.17) is 0 Å². The molecule has 2 unspecified atom stereocenters. The van der Waals surface area contributed by atoms with Crippen molar-refractivity contribution in [3.05, 3.63) is 48.4 Å². The lowest BCUT2D eigenvalue weighted by Crippen LogP contribution is -2.26. The molecule has 1 aromatic rings. The van der Waals surface area contributed by atoms with Crippen LogP contribution in [0.1, 0.15) is 24.8 Å². The number of anilines is 1. The van der Waals surface area contributed by atoms with E-state index in [1.807, 2.05) is 24.3 Å². The maximum atomic E-state index is 12.2. The van der Waals surface area contributed by atoms with Gasteiger partial charge in [-0.1, -0.05) is 23.8 Å². The number of hydrogen-bond acceptors (Lipinski definition) is 1. The van der Waals surface area contributed by atoms with Crippen molar-refractivity contribution in [2.45, 2.75) is 19.3 Å². The first kappa shape index (κ1) is 10.6. The Hall–Kier alpha value is -1.57. The van der Waals surface area contributed by atoms with Crippen LogP contribution in [0.15, 0.2) is 35.9 Å². The summed E-state index contributed by atoms with van der Waals surface area (Å²) in [6.07, 6.45) is 5.47. The molecule has 2 atom stereocenters. The topological polar surface area (TPSA) is 29.1 Å². The molecule has 2 aliphatic carbocycles. The van der Waals surface area contributed by atoms with Gasteiger partial charge in [0, 0.05) is 11.6 Å². The van der Waals surface area contributed by atoms with Crippen LogP contribution in [0.4, 0.5) is 5.69 Å². The van der Waals surface area contributed by atoms with Gasteiger partial charge in [-0.3, -0.25) is 4.79 Å². The molecule has 0 heterocycles. The van der Waals surface area contributed by atoms with Gasteiger partial charge in [0.2, 0.25) is 5.91 Å². The second kappa shape index (κ2) is 4.02. The second-order valence-electron chi connectivity index (χ2n) is 5.06. The highest BCUT2D eigenvalue weighted by Crippen LogP contribution is 2.44. The van der Waals surface area contributed by atoms with Crippen LogP contribution in [0, 0.1) is 18.8 Å². The van der Waals surface area contributed by atoms with Crippen molar-refractivity contribution in [3.8, 4) is 0 Å². The molecule has 3 rings (SSSR count). The average molecular weight is 226 g/mol. The minimum Gasteiger partial charge on any atom is -0.326 e. The number of fused-ring (bicyclic) bond motifs is 2. The van der Waals surface area contributed by atoms with E-state index in [0.717, 1.165) is 30.5 Å². The molecular formula is C15H16NO. The highest BCUT2D eigenvalue weighted by molar-refractivity contribution is 5.93. The van der Waals surface area contributed by atoms with Gasteiger partial charge in [-0.2, -0.15) is 0 Å². The maximum absolute atomic E-state index is 12.2. The molecule has 0 aliphatic heterocycles. The predicted molar refractivity (Wildman–Crippen MR) is 68.4 cm³/mol. The zero-order valence-electron chi connectivity index (χ0n) is 9.78. The molecular weight excluding hydrogens is 210 g/mol. The smallest absolute Gasteiger partial charge is 0.228 e. The summed E-state index contributed by atoms with van der Waals surface area (Å²) in [5.74, 6) is 0.903. The van der Waals surface area contributed by atoms with Crippen molar-refractivity contribution in [3.63, 3.8) is 0 Å². The van der Waals surface area contributed by atoms with Crippen molar-refractivity contribution in [2.24, 2.45) is 11.8 Å². The van der Waals surface area contributed by atoms with Gasteiger partial charge < -0.3 is 5.32 Å². The van der Waals surface area contributed by atoms with E-state index in [2.05, 4.69) is 18.3 Å². The third-order valence-electron chi connectivity index (χ3n) is 3.82. The third kappa shape index (κ3) is 1.99. The van der Waals surface area contributed by atoms with E-state index < -0.39 is 0 Å². The summed E-state index contributed by atoms with van der Waals surface area (Å²) < 4.78 is 0. The van der Waals surface area contributed by atoms with E-state index >= 15 is 0 Å². The molecule has 1 N–H and O–H groups in total. The molecule has 1 aromatic carbocycles. The lowest BCUT2D eigenvalue weighted by Gasteiger charge is -2.18. The molecule has 1 amide bonds. The Morgan fingerprint density at radius 1 is 1.35 bits per heavy atom. The van der Waals surface area contributed by atoms with Gasteiger partial charge in [0.15, 0.2) is 0 Å². The first-order valence-electron chi connectivity index (χ1n) is 6.13. The molecule has 2 heteroatoms. The van der Waals surface area contributed by atoms with Gasteiger partial charge in [-0.05, 0) is 49.8 Å². The predicted octanol–water partition coefficient (Wildman–Crippen LogP) is 3.16. The largest absolute Gasteiger partial charge is 0.326 e. The monoisotopic (exact) mass is 226 g/mol. The van der Waals surface area contributed by atoms with Gasteiger partial charge in [-0.25, -0.2) is 0 Å². The molecule has 2 bridgehead atoms. The number of carbonyl (C=O) groups excluding carboxylic acids is 1. The fourth-order valence-corrected chi connectivity index (χ4v) is 2.93. The van der Waals surface area contributed by atoms with E-state index in [0.29, 0.717) is 5.92 Å². The van der Waals surface area contributed by atoms with Crippen LogP contribution in [-0.4, -0.2) is 5.91 Å². The van der Waals surface area contributed by atoms with Gasteiger partial charge in [0.05, 0.1) is 0 Å². The molecule has 87 valence electrons. The molecule has 1 radical (unpaired) electrons. The van der Waals surface area contributed by atoms with Crippen LogP contribution < -0.4 is 5.32 Å². The summed E-state index contributed by atoms with van der Waals surface area (Å²) in [5.41, 5.74) is 3.26. The Morgan fingerprint density at radius 2 is 2.24 bits per heavy atom. The van der Waals surface area contributed by atoms with Crippen molar-refractivity contribution in [2.75, 3.05) is 5.32 Å². The number of amides is 1. The Balaban J connectivity index is 1.70. The first-order valence-corrected chi connectivity index (χ1v) is 6.13. The van der Waals surface area contributed by atoms with Crippen molar-refractivity contribution < 1.29 is 4.79 Å². The molecule has 0 aromatic heterocycles.